The van der Waals surface area contributed by atoms with Crippen LogP contribution in [-0.4, -0.2) is 23.6 Å². The van der Waals surface area contributed by atoms with Gasteiger partial charge in [0.25, 0.3) is 0 Å². The highest BCUT2D eigenvalue weighted by atomic mass is 35.5. The lowest BCUT2D eigenvalue weighted by Crippen LogP contribution is -2.35. The van der Waals surface area contributed by atoms with Crippen molar-refractivity contribution < 1.29 is 5.11 Å². The van der Waals surface area contributed by atoms with Gasteiger partial charge >= 0.3 is 0 Å². The molecule has 98 valence electrons. The molecule has 2 atom stereocenters. The second-order valence-electron chi connectivity index (χ2n) is 4.30. The molecule has 1 aromatic carbocycles. The number of nitrogens with one attached hydrogen (secondary N) is 1. The van der Waals surface area contributed by atoms with E-state index in [4.69, 9.17) is 11.6 Å². The monoisotopic (exact) mass is 283 g/mol. The van der Waals surface area contributed by atoms with E-state index in [1.54, 1.807) is 11.3 Å². The Hall–Kier alpha value is -0.610. The van der Waals surface area contributed by atoms with Crippen LogP contribution in [0.4, 0.5) is 0 Å². The molecule has 0 radical (unpaired) electrons. The van der Waals surface area contributed by atoms with Crippen LogP contribution in [0.1, 0.15) is 25.0 Å². The van der Waals surface area contributed by atoms with E-state index < -0.39 is 6.10 Å². The lowest BCUT2D eigenvalue weighted by Gasteiger charge is -2.23. The van der Waals surface area contributed by atoms with E-state index >= 15 is 0 Å². The molecule has 0 bridgehead atoms. The van der Waals surface area contributed by atoms with Crippen LogP contribution in [-0.2, 0) is 0 Å². The van der Waals surface area contributed by atoms with Crippen LogP contribution in [0.15, 0.2) is 29.6 Å². The summed E-state index contributed by atoms with van der Waals surface area (Å²) in [5.41, 5.74) is 0.959. The molecule has 1 heterocycles. The van der Waals surface area contributed by atoms with Gasteiger partial charge in [-0.2, -0.15) is 0 Å². The van der Waals surface area contributed by atoms with Crippen molar-refractivity contribution in [1.82, 2.24) is 5.32 Å². The van der Waals surface area contributed by atoms with Gasteiger partial charge in [-0.3, -0.25) is 0 Å². The Balaban J connectivity index is 2.21. The maximum absolute atomic E-state index is 10.4. The van der Waals surface area contributed by atoms with E-state index in [9.17, 15) is 5.11 Å². The molecule has 0 aliphatic rings. The van der Waals surface area contributed by atoms with Gasteiger partial charge in [0, 0.05) is 16.6 Å². The molecule has 0 saturated carbocycles. The van der Waals surface area contributed by atoms with Gasteiger partial charge < -0.3 is 10.4 Å². The Morgan fingerprint density at radius 3 is 2.94 bits per heavy atom. The van der Waals surface area contributed by atoms with E-state index in [0.29, 0.717) is 5.88 Å². The van der Waals surface area contributed by atoms with Gasteiger partial charge in [0.1, 0.15) is 0 Å². The number of hydrogen-bond donors (Lipinski definition) is 2. The molecule has 2 nitrogen and oxygen atoms in total. The zero-order valence-corrected chi connectivity index (χ0v) is 12.0. The number of aliphatic hydroxyl groups is 1. The van der Waals surface area contributed by atoms with Crippen LogP contribution < -0.4 is 5.32 Å². The average molecular weight is 284 g/mol. The van der Waals surface area contributed by atoms with E-state index in [-0.39, 0.29) is 6.04 Å². The lowest BCUT2D eigenvalue weighted by atomic mass is 9.99. The van der Waals surface area contributed by atoms with Crippen molar-refractivity contribution in [3.63, 3.8) is 0 Å². The smallest absolute Gasteiger partial charge is 0.0943 e. The number of hydrogen-bond acceptors (Lipinski definition) is 3. The molecule has 2 unspecified atom stereocenters. The Kier molecular flexibility index (Phi) is 5.01. The summed E-state index contributed by atoms with van der Waals surface area (Å²) in [6.07, 6.45) is 0.258. The molecular formula is C14H18ClNOS. The predicted octanol–water partition coefficient (Wildman–Crippen LogP) is 3.54. The Labute approximate surface area is 117 Å². The minimum Gasteiger partial charge on any atom is -0.387 e. The summed E-state index contributed by atoms with van der Waals surface area (Å²) >= 11 is 7.49. The maximum atomic E-state index is 10.4. The van der Waals surface area contributed by atoms with Crippen molar-refractivity contribution in [3.8, 4) is 0 Å². The molecule has 1 aromatic heterocycles. The summed E-state index contributed by atoms with van der Waals surface area (Å²) in [6.45, 7) is 2.87. The van der Waals surface area contributed by atoms with Crippen molar-refractivity contribution in [3.05, 3.63) is 35.2 Å². The Morgan fingerprint density at radius 1 is 1.39 bits per heavy atom. The number of benzene rings is 1. The van der Waals surface area contributed by atoms with Gasteiger partial charge in [0.15, 0.2) is 0 Å². The van der Waals surface area contributed by atoms with Crippen molar-refractivity contribution in [1.29, 1.82) is 0 Å². The van der Waals surface area contributed by atoms with Crippen LogP contribution in [0, 0.1) is 0 Å². The summed E-state index contributed by atoms with van der Waals surface area (Å²) in [5.74, 6) is 0.552. The largest absolute Gasteiger partial charge is 0.387 e. The summed E-state index contributed by atoms with van der Waals surface area (Å²) < 4.78 is 1.22. The average Bonchev–Trinajstić information content (AvgIpc) is 2.84. The van der Waals surface area contributed by atoms with Crippen LogP contribution in [0.2, 0.25) is 0 Å². The number of halogens is 1. The molecule has 0 spiro atoms. The summed E-state index contributed by atoms with van der Waals surface area (Å²) in [5, 5.41) is 17.0. The van der Waals surface area contributed by atoms with Crippen LogP contribution in [0.5, 0.6) is 0 Å². The molecular weight excluding hydrogens is 266 g/mol. The molecule has 0 fully saturated rings. The first kappa shape index (κ1) is 13.8. The van der Waals surface area contributed by atoms with Gasteiger partial charge in [-0.25, -0.2) is 0 Å². The quantitative estimate of drug-likeness (QED) is 0.795. The van der Waals surface area contributed by atoms with Crippen molar-refractivity contribution in [2.24, 2.45) is 0 Å². The minimum atomic E-state index is -0.504. The van der Waals surface area contributed by atoms with Crippen LogP contribution >= 0.6 is 22.9 Å². The SMILES string of the molecule is CCNC(CCCl)C(O)c1ccc2ccsc2c1. The van der Waals surface area contributed by atoms with Crippen molar-refractivity contribution in [2.45, 2.75) is 25.5 Å². The van der Waals surface area contributed by atoms with Gasteiger partial charge in [-0.1, -0.05) is 19.1 Å². The first-order chi connectivity index (χ1) is 8.76. The lowest BCUT2D eigenvalue weighted by molar-refractivity contribution is 0.127. The number of fused-ring (bicyclic) bond motifs is 1. The van der Waals surface area contributed by atoms with Crippen LogP contribution in [0.3, 0.4) is 0 Å². The molecule has 2 aromatic rings. The highest BCUT2D eigenvalue weighted by Gasteiger charge is 2.19. The van der Waals surface area contributed by atoms with E-state index in [2.05, 4.69) is 28.9 Å². The highest BCUT2D eigenvalue weighted by Crippen LogP contribution is 2.27. The summed E-state index contributed by atoms with van der Waals surface area (Å²) in [6, 6.07) is 8.25. The zero-order chi connectivity index (χ0) is 13.0. The summed E-state index contributed by atoms with van der Waals surface area (Å²) in [7, 11) is 0. The summed E-state index contributed by atoms with van der Waals surface area (Å²) in [4.78, 5) is 0. The molecule has 0 saturated heterocycles. The number of alkyl halides is 1. The van der Waals surface area contributed by atoms with Gasteiger partial charge in [-0.15, -0.1) is 22.9 Å². The van der Waals surface area contributed by atoms with E-state index in [0.717, 1.165) is 18.5 Å². The second-order valence-corrected chi connectivity index (χ2v) is 5.63. The maximum Gasteiger partial charge on any atom is 0.0943 e. The van der Waals surface area contributed by atoms with Crippen molar-refractivity contribution in [2.75, 3.05) is 12.4 Å². The molecule has 0 aliphatic heterocycles. The molecule has 0 aliphatic carbocycles. The van der Waals surface area contributed by atoms with Crippen molar-refractivity contribution >= 4 is 33.0 Å². The van der Waals surface area contributed by atoms with E-state index in [1.165, 1.54) is 10.1 Å². The molecule has 0 amide bonds. The normalized spacial score (nSPS) is 14.8. The molecule has 4 heteroatoms. The highest BCUT2D eigenvalue weighted by molar-refractivity contribution is 7.17. The van der Waals surface area contributed by atoms with Gasteiger partial charge in [-0.05, 0) is 41.4 Å². The standard InChI is InChI=1S/C14H18ClNOS/c1-2-16-12(5-7-15)14(17)11-4-3-10-6-8-18-13(10)9-11/h3-4,6,8-9,12,14,16-17H,2,5,7H2,1H3. The Bertz CT molecular complexity index is 493. The number of likely N-dealkylation sites (N-methyl/N-ethyl adjacent to an activating group) is 1. The van der Waals surface area contributed by atoms with Gasteiger partial charge in [0.05, 0.1) is 6.10 Å². The van der Waals surface area contributed by atoms with E-state index in [1.807, 2.05) is 13.0 Å². The topological polar surface area (TPSA) is 32.3 Å². The second kappa shape index (κ2) is 6.53. The Morgan fingerprint density at radius 2 is 2.22 bits per heavy atom. The fourth-order valence-electron chi connectivity index (χ4n) is 2.14. The minimum absolute atomic E-state index is 0.0184. The fraction of sp³-hybridized carbons (Fsp3) is 0.429. The first-order valence-electron chi connectivity index (χ1n) is 6.20. The molecule has 2 N–H and O–H groups in total. The number of aliphatic hydroxyl groups excluding tert-OH is 1. The predicted molar refractivity (Wildman–Crippen MR) is 79.6 cm³/mol. The third-order valence-corrected chi connectivity index (χ3v) is 4.19. The fourth-order valence-corrected chi connectivity index (χ4v) is 3.21. The third kappa shape index (κ3) is 3.04. The molecule has 2 rings (SSSR count). The van der Waals surface area contributed by atoms with Crippen LogP contribution in [0.25, 0.3) is 10.1 Å². The first-order valence-corrected chi connectivity index (χ1v) is 7.62. The number of rotatable bonds is 6. The zero-order valence-electron chi connectivity index (χ0n) is 10.4. The third-order valence-electron chi connectivity index (χ3n) is 3.09. The van der Waals surface area contributed by atoms with Gasteiger partial charge in [0.2, 0.25) is 0 Å². The molecule has 18 heavy (non-hydrogen) atoms. The number of thiophene rings is 1.